The van der Waals surface area contributed by atoms with E-state index in [1.807, 2.05) is 6.92 Å². The van der Waals surface area contributed by atoms with Gasteiger partial charge in [0.1, 0.15) is 4.90 Å². The summed E-state index contributed by atoms with van der Waals surface area (Å²) < 4.78 is 30.5. The maximum atomic E-state index is 12.9. The van der Waals surface area contributed by atoms with Crippen molar-refractivity contribution in [3.05, 3.63) is 12.4 Å². The molecule has 0 unspecified atom stereocenters. The Morgan fingerprint density at radius 3 is 2.25 bits per heavy atom. The first kappa shape index (κ1) is 16.6. The zero-order valence-electron chi connectivity index (χ0n) is 14.7. The van der Waals surface area contributed by atoms with Gasteiger partial charge in [-0.25, -0.2) is 13.1 Å². The fourth-order valence-electron chi connectivity index (χ4n) is 6.16. The van der Waals surface area contributed by atoms with Gasteiger partial charge in [-0.05, 0) is 75.0 Å². The summed E-state index contributed by atoms with van der Waals surface area (Å²) in [7, 11) is -3.49. The molecule has 1 heterocycles. The van der Waals surface area contributed by atoms with Gasteiger partial charge in [0.25, 0.3) is 0 Å². The Morgan fingerprint density at radius 1 is 1.21 bits per heavy atom. The van der Waals surface area contributed by atoms with Crippen LogP contribution in [0.15, 0.2) is 17.3 Å². The van der Waals surface area contributed by atoms with E-state index in [2.05, 4.69) is 16.7 Å². The Morgan fingerprint density at radius 2 is 1.79 bits per heavy atom. The Bertz CT molecular complexity index is 674. The van der Waals surface area contributed by atoms with Crippen molar-refractivity contribution in [3.8, 4) is 0 Å². The van der Waals surface area contributed by atoms with E-state index in [4.69, 9.17) is 0 Å². The predicted molar refractivity (Wildman–Crippen MR) is 92.9 cm³/mol. The molecule has 1 aromatic rings. The monoisotopic (exact) mass is 351 g/mol. The Balaban J connectivity index is 1.58. The van der Waals surface area contributed by atoms with Gasteiger partial charge in [0.2, 0.25) is 10.0 Å². The average molecular weight is 352 g/mol. The van der Waals surface area contributed by atoms with Crippen molar-refractivity contribution in [1.82, 2.24) is 14.5 Å². The SMILES string of the molecule is CC[C@@H](NS(=O)(=O)c1cnn(CC)c1)C12CC3CC(CC(C3)C1)C2. The van der Waals surface area contributed by atoms with E-state index in [0.29, 0.717) is 11.4 Å². The first-order valence-corrected chi connectivity index (χ1v) is 11.0. The molecule has 0 spiro atoms. The molecule has 4 saturated carbocycles. The number of aromatic nitrogens is 2. The van der Waals surface area contributed by atoms with Gasteiger partial charge in [-0.2, -0.15) is 5.10 Å². The van der Waals surface area contributed by atoms with E-state index in [9.17, 15) is 8.42 Å². The molecule has 0 radical (unpaired) electrons. The van der Waals surface area contributed by atoms with Crippen LogP contribution in [0.25, 0.3) is 0 Å². The fraction of sp³-hybridized carbons (Fsp3) is 0.833. The number of aryl methyl sites for hydroxylation is 1. The quantitative estimate of drug-likeness (QED) is 0.856. The third-order valence-electron chi connectivity index (χ3n) is 6.77. The molecule has 0 amide bonds. The highest BCUT2D eigenvalue weighted by Crippen LogP contribution is 2.61. The van der Waals surface area contributed by atoms with E-state index in [0.717, 1.165) is 24.2 Å². The smallest absolute Gasteiger partial charge is 0.243 e. The highest BCUT2D eigenvalue weighted by Gasteiger charge is 2.54. The molecule has 4 aliphatic rings. The maximum absolute atomic E-state index is 12.9. The van der Waals surface area contributed by atoms with Crippen LogP contribution in [0.5, 0.6) is 0 Å². The fourth-order valence-corrected chi connectivity index (χ4v) is 7.53. The van der Waals surface area contributed by atoms with Gasteiger partial charge in [-0.3, -0.25) is 4.68 Å². The summed E-state index contributed by atoms with van der Waals surface area (Å²) in [6, 6.07) is 0.0564. The van der Waals surface area contributed by atoms with E-state index >= 15 is 0 Å². The van der Waals surface area contributed by atoms with Crippen molar-refractivity contribution in [2.24, 2.45) is 23.2 Å². The molecular weight excluding hydrogens is 322 g/mol. The summed E-state index contributed by atoms with van der Waals surface area (Å²) in [6.07, 6.45) is 11.8. The standard InChI is InChI=1S/C18H29N3O2S/c1-3-17(20-24(22,23)16-11-19-21(4-2)12-16)18-8-13-5-14(9-18)7-15(6-13)10-18/h11-15,17,20H,3-10H2,1-2H3/t13?,14?,15?,17-,18?/m1/s1. The molecule has 6 heteroatoms. The third-order valence-corrected chi connectivity index (χ3v) is 8.20. The van der Waals surface area contributed by atoms with Gasteiger partial charge in [-0.15, -0.1) is 0 Å². The molecule has 4 fully saturated rings. The summed E-state index contributed by atoms with van der Waals surface area (Å²) in [5, 5.41) is 4.12. The van der Waals surface area contributed by atoms with Gasteiger partial charge >= 0.3 is 0 Å². The van der Waals surface area contributed by atoms with Crippen molar-refractivity contribution in [3.63, 3.8) is 0 Å². The van der Waals surface area contributed by atoms with Crippen LogP contribution < -0.4 is 4.72 Å². The molecule has 0 aromatic carbocycles. The highest BCUT2D eigenvalue weighted by molar-refractivity contribution is 7.89. The van der Waals surface area contributed by atoms with E-state index in [1.54, 1.807) is 10.9 Å². The lowest BCUT2D eigenvalue weighted by Crippen LogP contribution is -2.56. The number of hydrogen-bond donors (Lipinski definition) is 1. The first-order chi connectivity index (χ1) is 11.4. The van der Waals surface area contributed by atoms with Crippen molar-refractivity contribution in [2.45, 2.75) is 76.3 Å². The van der Waals surface area contributed by atoms with E-state index in [1.165, 1.54) is 44.7 Å². The lowest BCUT2D eigenvalue weighted by molar-refractivity contribution is -0.0704. The van der Waals surface area contributed by atoms with Crippen LogP contribution >= 0.6 is 0 Å². The van der Waals surface area contributed by atoms with Crippen LogP contribution in [0.1, 0.15) is 58.8 Å². The highest BCUT2D eigenvalue weighted by atomic mass is 32.2. The van der Waals surface area contributed by atoms with Crippen LogP contribution in [0, 0.1) is 23.2 Å². The Kier molecular flexibility index (Phi) is 4.03. The van der Waals surface area contributed by atoms with Crippen LogP contribution in [0.4, 0.5) is 0 Å². The second kappa shape index (κ2) is 5.84. The summed E-state index contributed by atoms with van der Waals surface area (Å²) in [5.41, 5.74) is 0.192. The molecule has 0 saturated heterocycles. The third kappa shape index (κ3) is 2.71. The van der Waals surface area contributed by atoms with Gasteiger partial charge < -0.3 is 0 Å². The molecule has 24 heavy (non-hydrogen) atoms. The molecular formula is C18H29N3O2S. The molecule has 1 atom stereocenters. The van der Waals surface area contributed by atoms with Crippen LogP contribution in [0.3, 0.4) is 0 Å². The summed E-state index contributed by atoms with van der Waals surface area (Å²) in [4.78, 5) is 0.299. The van der Waals surface area contributed by atoms with Crippen LogP contribution in [-0.2, 0) is 16.6 Å². The normalized spacial score (nSPS) is 36.2. The van der Waals surface area contributed by atoms with Crippen molar-refractivity contribution in [2.75, 3.05) is 0 Å². The Labute approximate surface area is 145 Å². The number of sulfonamides is 1. The Hall–Kier alpha value is -0.880. The summed E-state index contributed by atoms with van der Waals surface area (Å²) in [6.45, 7) is 4.77. The lowest BCUT2D eigenvalue weighted by atomic mass is 9.47. The topological polar surface area (TPSA) is 64.0 Å². The maximum Gasteiger partial charge on any atom is 0.243 e. The lowest BCUT2D eigenvalue weighted by Gasteiger charge is -2.59. The zero-order chi connectivity index (χ0) is 16.9. The molecule has 5 nitrogen and oxygen atoms in total. The van der Waals surface area contributed by atoms with Crippen molar-refractivity contribution >= 4 is 10.0 Å². The van der Waals surface area contributed by atoms with E-state index in [-0.39, 0.29) is 11.5 Å². The predicted octanol–water partition coefficient (Wildman–Crippen LogP) is 3.18. The minimum Gasteiger partial charge on any atom is -0.272 e. The molecule has 5 rings (SSSR count). The van der Waals surface area contributed by atoms with Crippen LogP contribution in [-0.4, -0.2) is 24.2 Å². The average Bonchev–Trinajstić information content (AvgIpc) is 3.01. The molecule has 1 N–H and O–H groups in total. The molecule has 0 aliphatic heterocycles. The van der Waals surface area contributed by atoms with Crippen molar-refractivity contribution in [1.29, 1.82) is 0 Å². The second-order valence-corrected chi connectivity index (χ2v) is 10.1. The molecule has 4 aliphatic carbocycles. The molecule has 134 valence electrons. The zero-order valence-corrected chi connectivity index (χ0v) is 15.6. The minimum atomic E-state index is -3.49. The number of nitrogens with zero attached hydrogens (tertiary/aromatic N) is 2. The van der Waals surface area contributed by atoms with Gasteiger partial charge in [0, 0.05) is 18.8 Å². The number of nitrogens with one attached hydrogen (secondary N) is 1. The van der Waals surface area contributed by atoms with Gasteiger partial charge in [-0.1, -0.05) is 6.92 Å². The van der Waals surface area contributed by atoms with Crippen LogP contribution in [0.2, 0.25) is 0 Å². The summed E-state index contributed by atoms with van der Waals surface area (Å²) in [5.74, 6) is 2.49. The first-order valence-electron chi connectivity index (χ1n) is 9.49. The van der Waals surface area contributed by atoms with Gasteiger partial charge in [0.15, 0.2) is 0 Å². The minimum absolute atomic E-state index is 0.0564. The van der Waals surface area contributed by atoms with Gasteiger partial charge in [0.05, 0.1) is 6.20 Å². The summed E-state index contributed by atoms with van der Waals surface area (Å²) >= 11 is 0. The van der Waals surface area contributed by atoms with E-state index < -0.39 is 10.0 Å². The second-order valence-electron chi connectivity index (χ2n) is 8.39. The number of hydrogen-bond acceptors (Lipinski definition) is 3. The number of rotatable bonds is 6. The largest absolute Gasteiger partial charge is 0.272 e. The van der Waals surface area contributed by atoms with Crippen molar-refractivity contribution < 1.29 is 8.42 Å². The molecule has 4 bridgehead atoms. The molecule has 1 aromatic heterocycles.